The Labute approximate surface area is 155 Å². The maximum atomic E-state index is 13.7. The molecule has 0 bridgehead atoms. The molecular weight excluding hydrogens is 375 g/mol. The first kappa shape index (κ1) is 17.4. The second kappa shape index (κ2) is 5.99. The van der Waals surface area contributed by atoms with Crippen LogP contribution in [0.15, 0.2) is 40.1 Å². The Hall–Kier alpha value is -2.06. The molecule has 1 N–H and O–H groups in total. The van der Waals surface area contributed by atoms with Crippen LogP contribution >= 0.6 is 11.8 Å². The Morgan fingerprint density at radius 1 is 1.27 bits per heavy atom. The SMILES string of the molecule is Cc1ccc(NS(=O)(=O)c2ccc3c4c2CC(=O)N4CC(C)S3)cc1F. The van der Waals surface area contributed by atoms with E-state index < -0.39 is 15.8 Å². The number of carbonyl (C=O) groups excluding carboxylic acids is 1. The molecule has 2 aliphatic heterocycles. The van der Waals surface area contributed by atoms with Crippen LogP contribution in [0, 0.1) is 12.7 Å². The number of anilines is 2. The molecule has 0 aromatic heterocycles. The predicted octanol–water partition coefficient (Wildman–Crippen LogP) is 3.32. The highest BCUT2D eigenvalue weighted by Gasteiger charge is 2.38. The van der Waals surface area contributed by atoms with Gasteiger partial charge >= 0.3 is 0 Å². The summed E-state index contributed by atoms with van der Waals surface area (Å²) in [5, 5.41) is 0.258. The second-order valence-corrected chi connectivity index (χ2v) is 9.70. The fourth-order valence-corrected chi connectivity index (χ4v) is 5.79. The van der Waals surface area contributed by atoms with Gasteiger partial charge < -0.3 is 4.90 Å². The molecule has 0 spiro atoms. The van der Waals surface area contributed by atoms with Crippen molar-refractivity contribution in [2.75, 3.05) is 16.2 Å². The number of aryl methyl sites for hydroxylation is 1. The molecule has 0 saturated heterocycles. The molecule has 1 atom stereocenters. The minimum Gasteiger partial charge on any atom is -0.310 e. The maximum Gasteiger partial charge on any atom is 0.262 e. The molecular formula is C18H17FN2O3S2. The summed E-state index contributed by atoms with van der Waals surface area (Å²) < 4.78 is 41.9. The summed E-state index contributed by atoms with van der Waals surface area (Å²) in [7, 11) is -3.93. The van der Waals surface area contributed by atoms with Gasteiger partial charge in [0.05, 0.1) is 22.7 Å². The maximum absolute atomic E-state index is 13.7. The Morgan fingerprint density at radius 3 is 2.77 bits per heavy atom. The summed E-state index contributed by atoms with van der Waals surface area (Å²) in [6.45, 7) is 4.22. The van der Waals surface area contributed by atoms with Crippen LogP contribution in [0.4, 0.5) is 15.8 Å². The minimum atomic E-state index is -3.93. The van der Waals surface area contributed by atoms with Gasteiger partial charge in [0.2, 0.25) is 5.91 Å². The summed E-state index contributed by atoms with van der Waals surface area (Å²) in [5.74, 6) is -0.565. The zero-order valence-electron chi connectivity index (χ0n) is 14.2. The first-order valence-corrected chi connectivity index (χ1v) is 10.5. The van der Waals surface area contributed by atoms with Crippen LogP contribution in [0.3, 0.4) is 0 Å². The highest BCUT2D eigenvalue weighted by atomic mass is 32.2. The van der Waals surface area contributed by atoms with Gasteiger partial charge in [-0.15, -0.1) is 11.8 Å². The van der Waals surface area contributed by atoms with Crippen molar-refractivity contribution in [1.82, 2.24) is 0 Å². The molecule has 1 unspecified atom stereocenters. The van der Waals surface area contributed by atoms with Crippen molar-refractivity contribution in [1.29, 1.82) is 0 Å². The van der Waals surface area contributed by atoms with Crippen LogP contribution in [-0.2, 0) is 21.2 Å². The van der Waals surface area contributed by atoms with E-state index >= 15 is 0 Å². The van der Waals surface area contributed by atoms with Gasteiger partial charge in [0.15, 0.2) is 0 Å². The van der Waals surface area contributed by atoms with Crippen LogP contribution in [-0.4, -0.2) is 26.1 Å². The van der Waals surface area contributed by atoms with Gasteiger partial charge in [-0.25, -0.2) is 12.8 Å². The van der Waals surface area contributed by atoms with Crippen molar-refractivity contribution in [3.05, 3.63) is 47.3 Å². The Balaban J connectivity index is 1.77. The van der Waals surface area contributed by atoms with Crippen LogP contribution in [0.2, 0.25) is 0 Å². The van der Waals surface area contributed by atoms with E-state index in [9.17, 15) is 17.6 Å². The molecule has 1 amide bonds. The number of sulfonamides is 1. The van der Waals surface area contributed by atoms with Crippen molar-refractivity contribution in [2.45, 2.75) is 35.3 Å². The smallest absolute Gasteiger partial charge is 0.262 e. The third kappa shape index (κ3) is 2.77. The van der Waals surface area contributed by atoms with Gasteiger partial charge in [-0.1, -0.05) is 13.0 Å². The van der Waals surface area contributed by atoms with E-state index in [-0.39, 0.29) is 28.2 Å². The average Bonchev–Trinajstić information content (AvgIpc) is 2.88. The van der Waals surface area contributed by atoms with Gasteiger partial charge in [-0.05, 0) is 36.8 Å². The number of halogens is 1. The van der Waals surface area contributed by atoms with Crippen molar-refractivity contribution < 1.29 is 17.6 Å². The van der Waals surface area contributed by atoms with Crippen LogP contribution < -0.4 is 9.62 Å². The van der Waals surface area contributed by atoms with Crippen LogP contribution in [0.5, 0.6) is 0 Å². The molecule has 2 aliphatic rings. The lowest BCUT2D eigenvalue weighted by atomic mass is 10.1. The van der Waals surface area contributed by atoms with E-state index in [1.165, 1.54) is 18.2 Å². The Morgan fingerprint density at radius 2 is 2.04 bits per heavy atom. The zero-order valence-corrected chi connectivity index (χ0v) is 15.9. The van der Waals surface area contributed by atoms with Gasteiger partial charge in [-0.3, -0.25) is 9.52 Å². The fourth-order valence-electron chi connectivity index (χ4n) is 3.35. The summed E-state index contributed by atoms with van der Waals surface area (Å²) in [6.07, 6.45) is 0.0644. The number of nitrogens with zero attached hydrogens (tertiary/aromatic N) is 1. The highest BCUT2D eigenvalue weighted by molar-refractivity contribution is 8.00. The zero-order chi connectivity index (χ0) is 18.6. The first-order valence-electron chi connectivity index (χ1n) is 8.18. The number of nitrogens with one attached hydrogen (secondary N) is 1. The minimum absolute atomic E-state index is 0.0644. The van der Waals surface area contributed by atoms with Crippen LogP contribution in [0.25, 0.3) is 0 Å². The second-order valence-electron chi connectivity index (χ2n) is 6.57. The molecule has 5 nitrogen and oxygen atoms in total. The molecule has 26 heavy (non-hydrogen) atoms. The lowest BCUT2D eigenvalue weighted by molar-refractivity contribution is -0.117. The standard InChI is InChI=1S/C18H17FN2O3S2/c1-10-3-4-12(7-14(10)19)20-26(23,24)16-6-5-15-18-13(16)8-17(22)21(18)9-11(2)25-15/h3-7,11,20H,8-9H2,1-2H3. The van der Waals surface area contributed by atoms with Crippen molar-refractivity contribution in [3.63, 3.8) is 0 Å². The molecule has 2 aromatic carbocycles. The predicted molar refractivity (Wildman–Crippen MR) is 99.8 cm³/mol. The molecule has 8 heteroatoms. The fraction of sp³-hybridized carbons (Fsp3) is 0.278. The molecule has 0 aliphatic carbocycles. The third-order valence-electron chi connectivity index (χ3n) is 4.58. The quantitative estimate of drug-likeness (QED) is 0.870. The van der Waals surface area contributed by atoms with E-state index in [2.05, 4.69) is 4.72 Å². The molecule has 136 valence electrons. The first-order chi connectivity index (χ1) is 12.3. The summed E-state index contributed by atoms with van der Waals surface area (Å²) in [5.41, 5.74) is 1.82. The molecule has 0 saturated carbocycles. The normalized spacial score (nSPS) is 18.8. The van der Waals surface area contributed by atoms with Gasteiger partial charge in [0.1, 0.15) is 5.82 Å². The Kier molecular flexibility index (Phi) is 4.00. The summed E-state index contributed by atoms with van der Waals surface area (Å²) in [4.78, 5) is 15.0. The van der Waals surface area contributed by atoms with E-state index in [4.69, 9.17) is 0 Å². The van der Waals surface area contributed by atoms with E-state index in [0.29, 0.717) is 23.4 Å². The summed E-state index contributed by atoms with van der Waals surface area (Å²) in [6, 6.07) is 7.46. The monoisotopic (exact) mass is 392 g/mol. The third-order valence-corrected chi connectivity index (χ3v) is 7.18. The number of amides is 1. The molecule has 0 radical (unpaired) electrons. The lowest BCUT2D eigenvalue weighted by Crippen LogP contribution is -2.35. The van der Waals surface area contributed by atoms with Crippen molar-refractivity contribution in [3.8, 4) is 0 Å². The topological polar surface area (TPSA) is 66.5 Å². The van der Waals surface area contributed by atoms with Gasteiger partial charge in [-0.2, -0.15) is 0 Å². The molecule has 0 fully saturated rings. The molecule has 2 aromatic rings. The van der Waals surface area contributed by atoms with Gasteiger partial charge in [0.25, 0.3) is 10.0 Å². The number of hydrogen-bond donors (Lipinski definition) is 1. The largest absolute Gasteiger partial charge is 0.310 e. The Bertz CT molecular complexity index is 1040. The molecule has 2 heterocycles. The summed E-state index contributed by atoms with van der Waals surface area (Å²) >= 11 is 1.64. The number of benzene rings is 2. The number of carbonyl (C=O) groups is 1. The van der Waals surface area contributed by atoms with E-state index in [1.807, 2.05) is 6.92 Å². The van der Waals surface area contributed by atoms with E-state index in [0.717, 1.165) is 11.0 Å². The van der Waals surface area contributed by atoms with Gasteiger partial charge in [0, 0.05) is 22.3 Å². The number of thioether (sulfide) groups is 1. The number of hydrogen-bond acceptors (Lipinski definition) is 4. The lowest BCUT2D eigenvalue weighted by Gasteiger charge is -2.29. The van der Waals surface area contributed by atoms with Crippen molar-refractivity contribution >= 4 is 39.1 Å². The highest BCUT2D eigenvalue weighted by Crippen LogP contribution is 2.46. The van der Waals surface area contributed by atoms with Crippen LogP contribution in [0.1, 0.15) is 18.1 Å². The average molecular weight is 392 g/mol. The van der Waals surface area contributed by atoms with Crippen molar-refractivity contribution in [2.24, 2.45) is 0 Å². The van der Waals surface area contributed by atoms with E-state index in [1.54, 1.807) is 29.7 Å². The number of rotatable bonds is 3. The molecule has 4 rings (SSSR count).